The van der Waals surface area contributed by atoms with Gasteiger partial charge >= 0.3 is 0 Å². The summed E-state index contributed by atoms with van der Waals surface area (Å²) in [6, 6.07) is 17.1. The van der Waals surface area contributed by atoms with Crippen molar-refractivity contribution in [2.24, 2.45) is 0 Å². The molecule has 0 saturated heterocycles. The Morgan fingerprint density at radius 3 is 2.64 bits per heavy atom. The number of benzene rings is 2. The lowest BCUT2D eigenvalue weighted by molar-refractivity contribution is 0.0949. The first-order valence-corrected chi connectivity index (χ1v) is 9.77. The molecule has 28 heavy (non-hydrogen) atoms. The molecular weight excluding hydrogens is 372 g/mol. The maximum absolute atomic E-state index is 12.4. The van der Waals surface area contributed by atoms with Crippen molar-refractivity contribution in [1.82, 2.24) is 20.1 Å². The van der Waals surface area contributed by atoms with Gasteiger partial charge in [-0.25, -0.2) is 0 Å². The minimum absolute atomic E-state index is 0.166. The molecule has 146 valence electrons. The Balaban J connectivity index is 1.60. The van der Waals surface area contributed by atoms with E-state index in [0.717, 1.165) is 24.2 Å². The Morgan fingerprint density at radius 2 is 1.93 bits per heavy atom. The summed E-state index contributed by atoms with van der Waals surface area (Å²) in [7, 11) is 0. The van der Waals surface area contributed by atoms with Crippen LogP contribution in [0.5, 0.6) is 5.75 Å². The molecule has 0 saturated carbocycles. The monoisotopic (exact) mass is 396 g/mol. The maximum Gasteiger partial charge on any atom is 0.251 e. The molecule has 0 unspecified atom stereocenters. The molecule has 2 N–H and O–H groups in total. The van der Waals surface area contributed by atoms with E-state index in [4.69, 9.17) is 17.0 Å². The van der Waals surface area contributed by atoms with E-state index in [2.05, 4.69) is 22.4 Å². The molecule has 1 amide bonds. The third kappa shape index (κ3) is 5.29. The Labute approximate surface area is 169 Å². The van der Waals surface area contributed by atoms with Gasteiger partial charge in [-0.05, 0) is 48.5 Å². The predicted molar refractivity (Wildman–Crippen MR) is 111 cm³/mol. The number of unbranched alkanes of at least 4 members (excludes halogenated alkanes) is 1. The fourth-order valence-corrected chi connectivity index (χ4v) is 2.93. The highest BCUT2D eigenvalue weighted by Crippen LogP contribution is 2.13. The zero-order valence-corrected chi connectivity index (χ0v) is 16.7. The van der Waals surface area contributed by atoms with E-state index in [1.165, 1.54) is 0 Å². The molecule has 0 spiro atoms. The lowest BCUT2D eigenvalue weighted by atomic mass is 10.2. The van der Waals surface area contributed by atoms with Gasteiger partial charge in [-0.2, -0.15) is 5.10 Å². The molecule has 0 bridgehead atoms. The zero-order chi connectivity index (χ0) is 19.8. The van der Waals surface area contributed by atoms with Crippen LogP contribution in [0.2, 0.25) is 0 Å². The molecule has 3 aromatic rings. The number of nitrogens with zero attached hydrogens (tertiary/aromatic N) is 2. The van der Waals surface area contributed by atoms with Crippen LogP contribution in [0.3, 0.4) is 0 Å². The highest BCUT2D eigenvalue weighted by molar-refractivity contribution is 7.71. The molecule has 7 heteroatoms. The quantitative estimate of drug-likeness (QED) is 0.422. The SMILES string of the molecule is CCCCOc1ccc(C(=O)NCc2n[nH]c(=S)n2Cc2ccccc2)cc1. The number of H-pyrrole nitrogens is 1. The maximum atomic E-state index is 12.4. The molecule has 0 aliphatic rings. The van der Waals surface area contributed by atoms with Crippen LogP contribution in [-0.2, 0) is 13.1 Å². The van der Waals surface area contributed by atoms with Gasteiger partial charge in [0.15, 0.2) is 10.6 Å². The van der Waals surface area contributed by atoms with Gasteiger partial charge in [-0.15, -0.1) is 0 Å². The molecule has 2 aromatic carbocycles. The Morgan fingerprint density at radius 1 is 1.18 bits per heavy atom. The van der Waals surface area contributed by atoms with E-state index in [-0.39, 0.29) is 12.5 Å². The summed E-state index contributed by atoms with van der Waals surface area (Å²) in [5.74, 6) is 1.29. The molecule has 1 heterocycles. The van der Waals surface area contributed by atoms with Crippen LogP contribution in [0, 0.1) is 4.77 Å². The van der Waals surface area contributed by atoms with Crippen molar-refractivity contribution >= 4 is 18.1 Å². The van der Waals surface area contributed by atoms with Crippen LogP contribution in [0.1, 0.15) is 41.5 Å². The summed E-state index contributed by atoms with van der Waals surface area (Å²) in [5, 5.41) is 9.94. The lowest BCUT2D eigenvalue weighted by Crippen LogP contribution is -2.25. The highest BCUT2D eigenvalue weighted by atomic mass is 32.1. The number of nitrogens with one attached hydrogen (secondary N) is 2. The summed E-state index contributed by atoms with van der Waals surface area (Å²) in [4.78, 5) is 12.4. The van der Waals surface area contributed by atoms with Crippen molar-refractivity contribution in [2.45, 2.75) is 32.9 Å². The van der Waals surface area contributed by atoms with Crippen molar-refractivity contribution in [3.8, 4) is 5.75 Å². The molecule has 0 aliphatic carbocycles. The second-order valence-electron chi connectivity index (χ2n) is 6.43. The largest absolute Gasteiger partial charge is 0.494 e. The van der Waals surface area contributed by atoms with Crippen molar-refractivity contribution in [3.63, 3.8) is 0 Å². The van der Waals surface area contributed by atoms with E-state index in [1.54, 1.807) is 12.1 Å². The zero-order valence-electron chi connectivity index (χ0n) is 15.9. The standard InChI is InChI=1S/C21H24N4O2S/c1-2-3-13-27-18-11-9-17(10-12-18)20(26)22-14-19-23-24-21(28)25(19)15-16-7-5-4-6-8-16/h4-12H,2-3,13-15H2,1H3,(H,22,26)(H,24,28). The van der Waals surface area contributed by atoms with Gasteiger partial charge in [0, 0.05) is 5.56 Å². The summed E-state index contributed by atoms with van der Waals surface area (Å²) >= 11 is 5.32. The van der Waals surface area contributed by atoms with E-state index >= 15 is 0 Å². The number of carbonyl (C=O) groups is 1. The lowest BCUT2D eigenvalue weighted by Gasteiger charge is -2.09. The summed E-state index contributed by atoms with van der Waals surface area (Å²) < 4.78 is 8.04. The van der Waals surface area contributed by atoms with Crippen molar-refractivity contribution in [1.29, 1.82) is 0 Å². The number of aromatic amines is 1. The minimum Gasteiger partial charge on any atom is -0.494 e. The minimum atomic E-state index is -0.166. The highest BCUT2D eigenvalue weighted by Gasteiger charge is 2.10. The number of hydrogen-bond donors (Lipinski definition) is 2. The van der Waals surface area contributed by atoms with Gasteiger partial charge in [0.1, 0.15) is 5.75 Å². The van der Waals surface area contributed by atoms with E-state index in [0.29, 0.717) is 29.3 Å². The third-order valence-corrected chi connectivity index (χ3v) is 4.62. The van der Waals surface area contributed by atoms with E-state index in [9.17, 15) is 4.79 Å². The van der Waals surface area contributed by atoms with E-state index in [1.807, 2.05) is 47.0 Å². The van der Waals surface area contributed by atoms with Gasteiger partial charge in [0.25, 0.3) is 5.91 Å². The van der Waals surface area contributed by atoms with Gasteiger partial charge in [-0.1, -0.05) is 43.7 Å². The van der Waals surface area contributed by atoms with Crippen molar-refractivity contribution in [3.05, 3.63) is 76.3 Å². The van der Waals surface area contributed by atoms with Crippen molar-refractivity contribution in [2.75, 3.05) is 6.61 Å². The number of aromatic nitrogens is 3. The number of rotatable bonds is 9. The first kappa shape index (κ1) is 19.8. The van der Waals surface area contributed by atoms with Crippen LogP contribution in [0.25, 0.3) is 0 Å². The fourth-order valence-electron chi connectivity index (χ4n) is 2.71. The van der Waals surface area contributed by atoms with Gasteiger partial charge in [-0.3, -0.25) is 14.5 Å². The van der Waals surface area contributed by atoms with Gasteiger partial charge in [0.2, 0.25) is 0 Å². The predicted octanol–water partition coefficient (Wildman–Crippen LogP) is 4.10. The van der Waals surface area contributed by atoms with Crippen LogP contribution >= 0.6 is 12.2 Å². The summed E-state index contributed by atoms with van der Waals surface area (Å²) in [5.41, 5.74) is 1.69. The molecule has 3 rings (SSSR count). The molecule has 0 aliphatic heterocycles. The van der Waals surface area contributed by atoms with Crippen LogP contribution in [0.15, 0.2) is 54.6 Å². The molecule has 6 nitrogen and oxygen atoms in total. The first-order valence-electron chi connectivity index (χ1n) is 9.36. The average molecular weight is 397 g/mol. The summed E-state index contributed by atoms with van der Waals surface area (Å²) in [6.07, 6.45) is 2.10. The second kappa shape index (κ2) is 9.85. The third-order valence-electron chi connectivity index (χ3n) is 4.31. The van der Waals surface area contributed by atoms with Crippen LogP contribution in [-0.4, -0.2) is 27.3 Å². The van der Waals surface area contributed by atoms with Gasteiger partial charge < -0.3 is 10.1 Å². The molecule has 0 atom stereocenters. The average Bonchev–Trinajstić information content (AvgIpc) is 3.07. The van der Waals surface area contributed by atoms with Crippen LogP contribution in [0.4, 0.5) is 0 Å². The van der Waals surface area contributed by atoms with Crippen molar-refractivity contribution < 1.29 is 9.53 Å². The van der Waals surface area contributed by atoms with E-state index < -0.39 is 0 Å². The number of ether oxygens (including phenoxy) is 1. The molecule has 0 fully saturated rings. The smallest absolute Gasteiger partial charge is 0.251 e. The Kier molecular flexibility index (Phi) is 6.97. The van der Waals surface area contributed by atoms with Gasteiger partial charge in [0.05, 0.1) is 19.7 Å². The summed E-state index contributed by atoms with van der Waals surface area (Å²) in [6.45, 7) is 3.69. The second-order valence-corrected chi connectivity index (χ2v) is 6.81. The molecular formula is C21H24N4O2S. The number of amides is 1. The normalized spacial score (nSPS) is 10.6. The fraction of sp³-hybridized carbons (Fsp3) is 0.286. The Bertz CT molecular complexity index is 949. The van der Waals surface area contributed by atoms with Crippen LogP contribution < -0.4 is 10.1 Å². The molecule has 0 radical (unpaired) electrons. The first-order chi connectivity index (χ1) is 13.7. The Hall–Kier alpha value is -2.93. The molecule has 1 aromatic heterocycles. The topological polar surface area (TPSA) is 71.9 Å². The number of carbonyl (C=O) groups excluding carboxylic acids is 1. The number of hydrogen-bond acceptors (Lipinski definition) is 4.